The Morgan fingerprint density at radius 2 is 1.70 bits per heavy atom. The normalized spacial score (nSPS) is 14.5. The third-order valence-electron chi connectivity index (χ3n) is 5.44. The van der Waals surface area contributed by atoms with Crippen LogP contribution in [0.25, 0.3) is 0 Å². The fourth-order valence-electron chi connectivity index (χ4n) is 3.60. The highest BCUT2D eigenvalue weighted by Gasteiger charge is 2.26. The van der Waals surface area contributed by atoms with E-state index in [0.29, 0.717) is 0 Å². The van der Waals surface area contributed by atoms with Gasteiger partial charge in [-0.25, -0.2) is 4.79 Å². The maximum atomic E-state index is 13.2. The molecule has 0 unspecified atom stereocenters. The van der Waals surface area contributed by atoms with Gasteiger partial charge in [-0.05, 0) is 103 Å². The van der Waals surface area contributed by atoms with E-state index in [2.05, 4.69) is 56.6 Å². The Labute approximate surface area is 200 Å². The van der Waals surface area contributed by atoms with Crippen LogP contribution in [-0.4, -0.2) is 18.7 Å². The predicted molar refractivity (Wildman–Crippen MR) is 142 cm³/mol. The molecule has 0 saturated carbocycles. The van der Waals surface area contributed by atoms with Gasteiger partial charge >= 0.3 is 6.09 Å². The summed E-state index contributed by atoms with van der Waals surface area (Å²) in [5.74, 6) is 0. The molecule has 0 aliphatic heterocycles. The minimum Gasteiger partial charge on any atom is -0.443 e. The Morgan fingerprint density at radius 3 is 2.24 bits per heavy atom. The van der Waals surface area contributed by atoms with E-state index in [4.69, 9.17) is 4.74 Å². The molecule has 2 rings (SSSR count). The van der Waals surface area contributed by atoms with Gasteiger partial charge in [-0.3, -0.25) is 4.90 Å². The Morgan fingerprint density at radius 1 is 1.06 bits per heavy atom. The quantitative estimate of drug-likeness (QED) is 0.393. The highest BCUT2D eigenvalue weighted by Crippen LogP contribution is 2.30. The lowest BCUT2D eigenvalue weighted by Gasteiger charge is -2.29. The van der Waals surface area contributed by atoms with Gasteiger partial charge < -0.3 is 9.64 Å². The summed E-state index contributed by atoms with van der Waals surface area (Å²) in [5, 5.41) is 0. The highest BCUT2D eigenvalue weighted by molar-refractivity contribution is 5.91. The van der Waals surface area contributed by atoms with Crippen LogP contribution in [0.2, 0.25) is 0 Å². The Balaban J connectivity index is 2.41. The lowest BCUT2D eigenvalue weighted by molar-refractivity contribution is 0.0591. The minimum absolute atomic E-state index is 0.349. The number of hydrogen-bond donors (Lipinski definition) is 0. The molecule has 0 fully saturated rings. The number of rotatable bonds is 7. The summed E-state index contributed by atoms with van der Waals surface area (Å²) < 4.78 is 5.78. The molecule has 1 aromatic rings. The number of allylic oxidation sites excluding steroid dienone is 8. The molecule has 1 aliphatic carbocycles. The summed E-state index contributed by atoms with van der Waals surface area (Å²) in [4.78, 5) is 17.0. The van der Waals surface area contributed by atoms with Gasteiger partial charge in [-0.1, -0.05) is 36.8 Å². The monoisotopic (exact) mass is 448 g/mol. The van der Waals surface area contributed by atoms with Crippen LogP contribution < -0.4 is 9.80 Å². The van der Waals surface area contributed by atoms with Crippen molar-refractivity contribution in [2.45, 2.75) is 72.8 Å². The molecule has 0 saturated heterocycles. The van der Waals surface area contributed by atoms with Crippen molar-refractivity contribution in [1.82, 2.24) is 0 Å². The van der Waals surface area contributed by atoms with Crippen molar-refractivity contribution in [2.24, 2.45) is 0 Å². The van der Waals surface area contributed by atoms with Gasteiger partial charge in [0.15, 0.2) is 0 Å². The van der Waals surface area contributed by atoms with E-state index in [0.717, 1.165) is 48.5 Å². The van der Waals surface area contributed by atoms with Gasteiger partial charge in [0.2, 0.25) is 0 Å². The molecule has 0 bridgehead atoms. The summed E-state index contributed by atoms with van der Waals surface area (Å²) in [6.45, 7) is 15.9. The molecule has 4 nitrogen and oxygen atoms in total. The van der Waals surface area contributed by atoms with E-state index < -0.39 is 5.60 Å². The van der Waals surface area contributed by atoms with Crippen LogP contribution in [0.5, 0.6) is 0 Å². The van der Waals surface area contributed by atoms with Crippen molar-refractivity contribution in [3.8, 4) is 0 Å². The summed E-state index contributed by atoms with van der Waals surface area (Å²) in [6.07, 6.45) is 13.8. The summed E-state index contributed by atoms with van der Waals surface area (Å²) in [7, 11) is 2.01. The lowest BCUT2D eigenvalue weighted by Crippen LogP contribution is -2.36. The van der Waals surface area contributed by atoms with E-state index in [9.17, 15) is 4.79 Å². The number of nitrogens with zero attached hydrogens (tertiary/aromatic N) is 2. The highest BCUT2D eigenvalue weighted by atomic mass is 16.6. The number of anilines is 2. The maximum absolute atomic E-state index is 13.2. The number of benzene rings is 1. The van der Waals surface area contributed by atoms with Crippen molar-refractivity contribution in [1.29, 1.82) is 0 Å². The van der Waals surface area contributed by atoms with Crippen LogP contribution in [0.1, 0.15) is 67.2 Å². The number of likely N-dealkylation sites (N-methyl/N-ethyl adjacent to an activating group) is 1. The predicted octanol–water partition coefficient (Wildman–Crippen LogP) is 8.30. The molecular formula is C29H40N2O2. The average Bonchev–Trinajstić information content (AvgIpc) is 2.99. The van der Waals surface area contributed by atoms with Crippen LogP contribution in [-0.2, 0) is 4.74 Å². The van der Waals surface area contributed by atoms with Crippen LogP contribution in [0.15, 0.2) is 83.8 Å². The first-order valence-electron chi connectivity index (χ1n) is 11.8. The number of amides is 1. The fraction of sp³-hybridized carbons (Fsp3) is 0.414. The molecule has 1 aromatic carbocycles. The van der Waals surface area contributed by atoms with Crippen molar-refractivity contribution in [3.63, 3.8) is 0 Å². The smallest absolute Gasteiger partial charge is 0.419 e. The van der Waals surface area contributed by atoms with Crippen LogP contribution in [0, 0.1) is 0 Å². The molecule has 0 N–H and O–H groups in total. The van der Waals surface area contributed by atoms with Gasteiger partial charge in [0, 0.05) is 24.1 Å². The SMILES string of the molecule is C=C/C(=C\C=C(C)C)N(C)c1ccc(N(C(=O)OC(C)(C)C)C2=CC=C(CC)CCC2)cc1. The van der Waals surface area contributed by atoms with E-state index >= 15 is 0 Å². The molecule has 0 spiro atoms. The third kappa shape index (κ3) is 7.81. The first-order chi connectivity index (χ1) is 15.6. The molecule has 33 heavy (non-hydrogen) atoms. The average molecular weight is 449 g/mol. The summed E-state index contributed by atoms with van der Waals surface area (Å²) in [5.41, 5.74) is 5.84. The number of carbonyl (C=O) groups is 1. The first kappa shape index (κ1) is 26.2. The van der Waals surface area contributed by atoms with Crippen molar-refractivity contribution in [2.75, 3.05) is 16.8 Å². The van der Waals surface area contributed by atoms with Gasteiger partial charge in [0.1, 0.15) is 5.60 Å². The second kappa shape index (κ2) is 11.7. The van der Waals surface area contributed by atoms with E-state index in [-0.39, 0.29) is 6.09 Å². The standard InChI is InChI=1S/C29H40N2O2/c1-9-23-12-11-13-26(17-15-23)31(28(32)33-29(5,6)7)27-20-18-25(19-21-27)30(8)24(10-2)16-14-22(3)4/h10,14-21H,2,9,11-13H2,1,3-8H3/b24-16+. The van der Waals surface area contributed by atoms with Crippen LogP contribution >= 0.6 is 0 Å². The zero-order valence-corrected chi connectivity index (χ0v) is 21.4. The zero-order chi connectivity index (χ0) is 24.6. The van der Waals surface area contributed by atoms with Crippen molar-refractivity contribution < 1.29 is 9.53 Å². The second-order valence-corrected chi connectivity index (χ2v) is 9.62. The summed E-state index contributed by atoms with van der Waals surface area (Å²) in [6, 6.07) is 8.01. The molecule has 0 radical (unpaired) electrons. The van der Waals surface area contributed by atoms with E-state index in [1.165, 1.54) is 11.1 Å². The van der Waals surface area contributed by atoms with Gasteiger partial charge in [0.05, 0.1) is 5.69 Å². The fourth-order valence-corrected chi connectivity index (χ4v) is 3.60. The maximum Gasteiger partial charge on any atom is 0.419 e. The molecule has 0 atom stereocenters. The number of carbonyl (C=O) groups excluding carboxylic acids is 1. The molecule has 178 valence electrons. The van der Waals surface area contributed by atoms with Crippen molar-refractivity contribution >= 4 is 17.5 Å². The van der Waals surface area contributed by atoms with Gasteiger partial charge in [0.25, 0.3) is 0 Å². The van der Waals surface area contributed by atoms with Crippen molar-refractivity contribution in [3.05, 3.63) is 83.8 Å². The topological polar surface area (TPSA) is 32.8 Å². The Hall–Kier alpha value is -3.01. The van der Waals surface area contributed by atoms with Crippen LogP contribution in [0.3, 0.4) is 0 Å². The van der Waals surface area contributed by atoms with Crippen LogP contribution in [0.4, 0.5) is 16.2 Å². The largest absolute Gasteiger partial charge is 0.443 e. The molecule has 0 heterocycles. The number of ether oxygens (including phenoxy) is 1. The second-order valence-electron chi connectivity index (χ2n) is 9.62. The zero-order valence-electron chi connectivity index (χ0n) is 21.4. The van der Waals surface area contributed by atoms with E-state index in [1.54, 1.807) is 4.90 Å². The van der Waals surface area contributed by atoms with Gasteiger partial charge in [-0.15, -0.1) is 0 Å². The molecule has 1 amide bonds. The molecular weight excluding hydrogens is 408 g/mol. The Bertz CT molecular complexity index is 952. The summed E-state index contributed by atoms with van der Waals surface area (Å²) >= 11 is 0. The third-order valence-corrected chi connectivity index (χ3v) is 5.44. The molecule has 0 aromatic heterocycles. The Kier molecular flexibility index (Phi) is 9.33. The number of hydrogen-bond acceptors (Lipinski definition) is 3. The first-order valence-corrected chi connectivity index (χ1v) is 11.8. The molecule has 4 heteroatoms. The van der Waals surface area contributed by atoms with E-state index in [1.807, 2.05) is 58.2 Å². The molecule has 1 aliphatic rings. The van der Waals surface area contributed by atoms with Gasteiger partial charge in [-0.2, -0.15) is 0 Å². The lowest BCUT2D eigenvalue weighted by atomic mass is 10.1. The minimum atomic E-state index is -0.570.